The standard InChI is InChI=1S/C30H28N6O3.2ClH/c1-39-26-17-21(30(38)36-15-5-4-8-20-7-2-3-11-25(20)36)12-13-22(26)29(37)33-24-10-6-9-23-28(24)34-27(32-23)18-35-16-14-31-19-35;;/h2-3,6-7,9-14,16-17,19H,4-5,8,15,18H2,1H3,(H,32,34)(H,33,37);2*1H. The van der Waals surface area contributed by atoms with E-state index in [9.17, 15) is 9.59 Å². The Balaban J connectivity index is 0.00000194. The van der Waals surface area contributed by atoms with Gasteiger partial charge in [0.2, 0.25) is 0 Å². The van der Waals surface area contributed by atoms with Gasteiger partial charge in [-0.1, -0.05) is 24.3 Å². The van der Waals surface area contributed by atoms with Gasteiger partial charge in [-0.15, -0.1) is 24.8 Å². The molecular formula is C30H30Cl2N6O3. The van der Waals surface area contributed by atoms with Gasteiger partial charge in [0.25, 0.3) is 11.8 Å². The largest absolute Gasteiger partial charge is 0.496 e. The number of aryl methyl sites for hydroxylation is 1. The van der Waals surface area contributed by atoms with Crippen molar-refractivity contribution in [1.82, 2.24) is 19.5 Å². The third kappa shape index (κ3) is 6.06. The van der Waals surface area contributed by atoms with Crippen LogP contribution in [0.15, 0.2) is 79.4 Å². The molecule has 0 aliphatic carbocycles. The van der Waals surface area contributed by atoms with Crippen LogP contribution in [0.2, 0.25) is 0 Å². The number of para-hydroxylation sites is 2. The van der Waals surface area contributed by atoms with Gasteiger partial charge in [0, 0.05) is 30.2 Å². The molecule has 212 valence electrons. The summed E-state index contributed by atoms with van der Waals surface area (Å²) >= 11 is 0. The normalized spacial score (nSPS) is 12.5. The number of carbonyl (C=O) groups is 2. The third-order valence-corrected chi connectivity index (χ3v) is 7.00. The number of nitrogens with one attached hydrogen (secondary N) is 2. The number of H-pyrrole nitrogens is 1. The van der Waals surface area contributed by atoms with E-state index in [2.05, 4.69) is 21.4 Å². The number of benzene rings is 3. The first kappa shape index (κ1) is 29.6. The van der Waals surface area contributed by atoms with Gasteiger partial charge in [-0.05, 0) is 61.2 Å². The Morgan fingerprint density at radius 3 is 2.71 bits per heavy atom. The van der Waals surface area contributed by atoms with Gasteiger partial charge < -0.3 is 24.5 Å². The maximum atomic E-state index is 13.6. The van der Waals surface area contributed by atoms with Crippen LogP contribution in [0.4, 0.5) is 11.4 Å². The zero-order valence-corrected chi connectivity index (χ0v) is 24.0. The molecule has 2 N–H and O–H groups in total. The Morgan fingerprint density at radius 1 is 1.05 bits per heavy atom. The summed E-state index contributed by atoms with van der Waals surface area (Å²) in [5.74, 6) is 0.621. The van der Waals surface area contributed by atoms with Crippen molar-refractivity contribution in [2.45, 2.75) is 25.8 Å². The Labute approximate surface area is 249 Å². The minimum absolute atomic E-state index is 0. The number of hydrogen-bond acceptors (Lipinski definition) is 5. The van der Waals surface area contributed by atoms with Crippen LogP contribution >= 0.6 is 24.8 Å². The van der Waals surface area contributed by atoms with Crippen molar-refractivity contribution in [1.29, 1.82) is 0 Å². The van der Waals surface area contributed by atoms with Crippen LogP contribution < -0.4 is 15.0 Å². The number of imidazole rings is 2. The van der Waals surface area contributed by atoms with E-state index < -0.39 is 0 Å². The lowest BCUT2D eigenvalue weighted by atomic mass is 10.1. The molecule has 0 bridgehead atoms. The highest BCUT2D eigenvalue weighted by molar-refractivity contribution is 6.11. The summed E-state index contributed by atoms with van der Waals surface area (Å²) in [5.41, 5.74) is 4.97. The number of amides is 2. The number of ether oxygens (including phenoxy) is 1. The fourth-order valence-corrected chi connectivity index (χ4v) is 5.07. The Kier molecular flexibility index (Phi) is 9.31. The number of anilines is 2. The van der Waals surface area contributed by atoms with E-state index in [0.29, 0.717) is 41.2 Å². The lowest BCUT2D eigenvalue weighted by molar-refractivity contribution is 0.0982. The van der Waals surface area contributed by atoms with Crippen LogP contribution in [-0.4, -0.2) is 45.0 Å². The van der Waals surface area contributed by atoms with Crippen molar-refractivity contribution in [3.05, 3.63) is 102 Å². The van der Waals surface area contributed by atoms with Crippen molar-refractivity contribution in [3.63, 3.8) is 0 Å². The molecule has 1 aliphatic heterocycles. The molecule has 41 heavy (non-hydrogen) atoms. The summed E-state index contributed by atoms with van der Waals surface area (Å²) in [6, 6.07) is 18.6. The minimum atomic E-state index is -0.349. The molecule has 2 amide bonds. The minimum Gasteiger partial charge on any atom is -0.496 e. The first-order chi connectivity index (χ1) is 19.1. The van der Waals surface area contributed by atoms with Crippen LogP contribution in [0, 0.1) is 0 Å². The highest BCUT2D eigenvalue weighted by atomic mass is 35.5. The van der Waals surface area contributed by atoms with Crippen LogP contribution in [0.25, 0.3) is 11.0 Å². The number of aromatic nitrogens is 4. The Hall–Kier alpha value is -4.34. The summed E-state index contributed by atoms with van der Waals surface area (Å²) in [6.07, 6.45) is 8.23. The topological polar surface area (TPSA) is 105 Å². The fraction of sp³-hybridized carbons (Fsp3) is 0.200. The molecule has 0 saturated heterocycles. The van der Waals surface area contributed by atoms with Crippen LogP contribution in [0.1, 0.15) is 44.9 Å². The predicted molar refractivity (Wildman–Crippen MR) is 164 cm³/mol. The molecule has 0 fully saturated rings. The molecule has 1 aliphatic rings. The average molecular weight is 594 g/mol. The molecule has 0 unspecified atom stereocenters. The number of methoxy groups -OCH3 is 1. The van der Waals surface area contributed by atoms with Gasteiger partial charge in [0.1, 0.15) is 17.1 Å². The van der Waals surface area contributed by atoms with Crippen molar-refractivity contribution in [2.75, 3.05) is 23.9 Å². The van der Waals surface area contributed by atoms with Crippen LogP contribution in [0.5, 0.6) is 5.75 Å². The SMILES string of the molecule is COc1cc(C(=O)N2CCCCc3ccccc32)ccc1C(=O)Nc1cccc2[nH]c(Cn3ccnc3)nc12.Cl.Cl. The van der Waals surface area contributed by atoms with E-state index in [1.54, 1.807) is 30.7 Å². The first-order valence-corrected chi connectivity index (χ1v) is 12.9. The van der Waals surface area contributed by atoms with Gasteiger partial charge in [-0.25, -0.2) is 9.97 Å². The van der Waals surface area contributed by atoms with Gasteiger partial charge in [-0.2, -0.15) is 0 Å². The number of fused-ring (bicyclic) bond motifs is 2. The number of aromatic amines is 1. The summed E-state index contributed by atoms with van der Waals surface area (Å²) < 4.78 is 7.48. The molecule has 2 aromatic heterocycles. The van der Waals surface area contributed by atoms with Gasteiger partial charge in [-0.3, -0.25) is 9.59 Å². The number of halogens is 2. The maximum absolute atomic E-state index is 13.6. The average Bonchev–Trinajstić information content (AvgIpc) is 3.57. The lowest BCUT2D eigenvalue weighted by Gasteiger charge is -2.23. The third-order valence-electron chi connectivity index (χ3n) is 7.00. The summed E-state index contributed by atoms with van der Waals surface area (Å²) in [4.78, 5) is 40.8. The highest BCUT2D eigenvalue weighted by Crippen LogP contribution is 2.30. The summed E-state index contributed by atoms with van der Waals surface area (Å²) in [7, 11) is 1.50. The van der Waals surface area contributed by atoms with Crippen molar-refractivity contribution < 1.29 is 14.3 Å². The first-order valence-electron chi connectivity index (χ1n) is 12.9. The van der Waals surface area contributed by atoms with E-state index in [1.165, 1.54) is 12.7 Å². The lowest BCUT2D eigenvalue weighted by Crippen LogP contribution is -2.31. The smallest absolute Gasteiger partial charge is 0.259 e. The van der Waals surface area contributed by atoms with Gasteiger partial charge in [0.05, 0.1) is 36.7 Å². The monoisotopic (exact) mass is 592 g/mol. The van der Waals surface area contributed by atoms with Crippen molar-refractivity contribution in [3.8, 4) is 5.75 Å². The molecule has 9 nitrogen and oxygen atoms in total. The van der Waals surface area contributed by atoms with Crippen molar-refractivity contribution >= 4 is 59.0 Å². The molecule has 0 saturated carbocycles. The fourth-order valence-electron chi connectivity index (χ4n) is 5.07. The molecule has 3 heterocycles. The molecule has 11 heteroatoms. The zero-order chi connectivity index (χ0) is 26.8. The summed E-state index contributed by atoms with van der Waals surface area (Å²) in [5, 5.41) is 2.97. The van der Waals surface area contributed by atoms with E-state index in [4.69, 9.17) is 9.72 Å². The maximum Gasteiger partial charge on any atom is 0.259 e. The van der Waals surface area contributed by atoms with E-state index in [1.807, 2.05) is 52.1 Å². The Morgan fingerprint density at radius 2 is 1.90 bits per heavy atom. The second-order valence-electron chi connectivity index (χ2n) is 9.53. The molecule has 5 aromatic rings. The Bertz CT molecular complexity index is 1670. The number of nitrogens with zero attached hydrogens (tertiary/aromatic N) is 4. The molecule has 0 spiro atoms. The van der Waals surface area contributed by atoms with Crippen LogP contribution in [0.3, 0.4) is 0 Å². The number of rotatable bonds is 6. The number of carbonyl (C=O) groups excluding carboxylic acids is 2. The predicted octanol–water partition coefficient (Wildman–Crippen LogP) is 5.90. The van der Waals surface area contributed by atoms with Gasteiger partial charge >= 0.3 is 0 Å². The van der Waals surface area contributed by atoms with Crippen LogP contribution in [-0.2, 0) is 13.0 Å². The second kappa shape index (κ2) is 12.9. The molecular weight excluding hydrogens is 563 g/mol. The number of hydrogen-bond donors (Lipinski definition) is 2. The van der Waals surface area contributed by atoms with E-state index in [0.717, 1.165) is 36.3 Å². The molecule has 0 radical (unpaired) electrons. The molecule has 6 rings (SSSR count). The van der Waals surface area contributed by atoms with Crippen molar-refractivity contribution in [2.24, 2.45) is 0 Å². The molecule has 0 atom stereocenters. The van der Waals surface area contributed by atoms with Gasteiger partial charge in [0.15, 0.2) is 0 Å². The van der Waals surface area contributed by atoms with E-state index >= 15 is 0 Å². The summed E-state index contributed by atoms with van der Waals surface area (Å²) in [6.45, 7) is 1.18. The highest BCUT2D eigenvalue weighted by Gasteiger charge is 2.24. The van der Waals surface area contributed by atoms with E-state index in [-0.39, 0.29) is 36.6 Å². The zero-order valence-electron chi connectivity index (χ0n) is 22.4. The molecule has 3 aromatic carbocycles. The quantitative estimate of drug-likeness (QED) is 0.255. The second-order valence-corrected chi connectivity index (χ2v) is 9.53.